The fourth-order valence-corrected chi connectivity index (χ4v) is 1.60. The Labute approximate surface area is 104 Å². The molecular weight excluding hydrogens is 243 g/mol. The van der Waals surface area contributed by atoms with E-state index >= 15 is 0 Å². The second-order valence-corrected chi connectivity index (χ2v) is 4.32. The Hall–Kier alpha value is -1.43. The van der Waals surface area contributed by atoms with Crippen LogP contribution in [0.4, 0.5) is 15.8 Å². The van der Waals surface area contributed by atoms with Gasteiger partial charge in [-0.15, -0.1) is 0 Å². The van der Waals surface area contributed by atoms with Gasteiger partial charge in [-0.2, -0.15) is 11.8 Å². The van der Waals surface area contributed by atoms with E-state index in [2.05, 4.69) is 10.1 Å². The fourth-order valence-electron chi connectivity index (χ4n) is 1.30. The van der Waals surface area contributed by atoms with Crippen LogP contribution in [0.3, 0.4) is 0 Å². The standard InChI is InChI=1S/C11H15FN2O2S/c1-16-11(15)7-5-10(14-3-4-17-2)8(12)6-9(7)13/h5-6,14H,3-4,13H2,1-2H3. The zero-order chi connectivity index (χ0) is 12.8. The lowest BCUT2D eigenvalue weighted by molar-refractivity contribution is 0.0602. The van der Waals surface area contributed by atoms with Gasteiger partial charge in [0, 0.05) is 18.0 Å². The molecule has 0 unspecified atom stereocenters. The molecule has 0 heterocycles. The van der Waals surface area contributed by atoms with E-state index in [1.54, 1.807) is 11.8 Å². The Morgan fingerprint density at radius 3 is 2.88 bits per heavy atom. The maximum absolute atomic E-state index is 13.5. The van der Waals surface area contributed by atoms with Crippen LogP contribution in [0.15, 0.2) is 12.1 Å². The number of halogens is 1. The summed E-state index contributed by atoms with van der Waals surface area (Å²) in [6.07, 6.45) is 1.96. The third-order valence-electron chi connectivity index (χ3n) is 2.17. The lowest BCUT2D eigenvalue weighted by Gasteiger charge is -2.10. The molecule has 0 bridgehead atoms. The van der Waals surface area contributed by atoms with Crippen LogP contribution in [0.5, 0.6) is 0 Å². The van der Waals surface area contributed by atoms with Crippen molar-refractivity contribution >= 4 is 29.1 Å². The fraction of sp³-hybridized carbons (Fsp3) is 0.364. The van der Waals surface area contributed by atoms with Crippen molar-refractivity contribution in [3.63, 3.8) is 0 Å². The van der Waals surface area contributed by atoms with Crippen LogP contribution in [0.2, 0.25) is 0 Å². The molecule has 0 saturated heterocycles. The molecule has 0 aliphatic rings. The van der Waals surface area contributed by atoms with Crippen molar-refractivity contribution in [3.05, 3.63) is 23.5 Å². The molecule has 0 spiro atoms. The van der Waals surface area contributed by atoms with E-state index in [0.29, 0.717) is 6.54 Å². The van der Waals surface area contributed by atoms with Gasteiger partial charge in [-0.05, 0) is 18.4 Å². The minimum absolute atomic E-state index is 0.0739. The minimum atomic E-state index is -0.574. The predicted molar refractivity (Wildman–Crippen MR) is 69.0 cm³/mol. The lowest BCUT2D eigenvalue weighted by Crippen LogP contribution is -2.10. The highest BCUT2D eigenvalue weighted by atomic mass is 32.2. The summed E-state index contributed by atoms with van der Waals surface area (Å²) in [4.78, 5) is 11.4. The van der Waals surface area contributed by atoms with Gasteiger partial charge >= 0.3 is 5.97 Å². The van der Waals surface area contributed by atoms with Crippen molar-refractivity contribution in [2.24, 2.45) is 0 Å². The minimum Gasteiger partial charge on any atom is -0.465 e. The Kier molecular flexibility index (Phi) is 5.09. The second kappa shape index (κ2) is 6.34. The van der Waals surface area contributed by atoms with E-state index in [1.807, 2.05) is 6.26 Å². The number of benzene rings is 1. The molecule has 94 valence electrons. The molecule has 0 atom stereocenters. The molecule has 1 aromatic rings. The normalized spacial score (nSPS) is 10.1. The van der Waals surface area contributed by atoms with Crippen LogP contribution in [0, 0.1) is 5.82 Å². The van der Waals surface area contributed by atoms with Crippen molar-refractivity contribution in [2.45, 2.75) is 0 Å². The first-order valence-electron chi connectivity index (χ1n) is 5.00. The van der Waals surface area contributed by atoms with Gasteiger partial charge in [0.1, 0.15) is 5.82 Å². The molecule has 0 amide bonds. The number of rotatable bonds is 5. The molecule has 0 saturated carbocycles. The summed E-state index contributed by atoms with van der Waals surface area (Å²) in [7, 11) is 1.26. The molecule has 0 aliphatic carbocycles. The Morgan fingerprint density at radius 1 is 1.59 bits per heavy atom. The molecular formula is C11H15FN2O2S. The first kappa shape index (κ1) is 13.6. The first-order valence-corrected chi connectivity index (χ1v) is 6.39. The van der Waals surface area contributed by atoms with Crippen molar-refractivity contribution in [2.75, 3.05) is 36.7 Å². The highest BCUT2D eigenvalue weighted by molar-refractivity contribution is 7.98. The van der Waals surface area contributed by atoms with Gasteiger partial charge in [0.25, 0.3) is 0 Å². The Bertz CT molecular complexity index is 413. The molecule has 1 rings (SSSR count). The van der Waals surface area contributed by atoms with E-state index in [1.165, 1.54) is 13.2 Å². The number of ether oxygens (including phenoxy) is 1. The number of nitrogens with two attached hydrogens (primary N) is 1. The second-order valence-electron chi connectivity index (χ2n) is 3.33. The third kappa shape index (κ3) is 3.52. The molecule has 0 aliphatic heterocycles. The largest absolute Gasteiger partial charge is 0.465 e. The van der Waals surface area contributed by atoms with E-state index in [4.69, 9.17) is 5.73 Å². The summed E-state index contributed by atoms with van der Waals surface area (Å²) < 4.78 is 18.1. The Morgan fingerprint density at radius 2 is 2.29 bits per heavy atom. The lowest BCUT2D eigenvalue weighted by atomic mass is 10.1. The monoisotopic (exact) mass is 258 g/mol. The van der Waals surface area contributed by atoms with Crippen molar-refractivity contribution in [1.82, 2.24) is 0 Å². The number of hydrogen-bond donors (Lipinski definition) is 2. The molecule has 17 heavy (non-hydrogen) atoms. The number of nitrogen functional groups attached to an aromatic ring is 1. The number of anilines is 2. The van der Waals surface area contributed by atoms with Crippen LogP contribution in [0.25, 0.3) is 0 Å². The van der Waals surface area contributed by atoms with Gasteiger partial charge < -0.3 is 15.8 Å². The SMILES string of the molecule is COC(=O)c1cc(NCCSC)c(F)cc1N. The highest BCUT2D eigenvalue weighted by Gasteiger charge is 2.14. The van der Waals surface area contributed by atoms with Gasteiger partial charge in [-0.3, -0.25) is 0 Å². The van der Waals surface area contributed by atoms with E-state index < -0.39 is 11.8 Å². The average molecular weight is 258 g/mol. The topological polar surface area (TPSA) is 64.3 Å². The predicted octanol–water partition coefficient (Wildman–Crippen LogP) is 1.97. The quantitative estimate of drug-likeness (QED) is 0.480. The van der Waals surface area contributed by atoms with Gasteiger partial charge in [-0.25, -0.2) is 9.18 Å². The van der Waals surface area contributed by atoms with Crippen molar-refractivity contribution in [3.8, 4) is 0 Å². The van der Waals surface area contributed by atoms with E-state index in [-0.39, 0.29) is 16.9 Å². The summed E-state index contributed by atoms with van der Waals surface area (Å²) in [5, 5.41) is 2.90. The van der Waals surface area contributed by atoms with Crippen LogP contribution < -0.4 is 11.1 Å². The molecule has 6 heteroatoms. The number of hydrogen-bond acceptors (Lipinski definition) is 5. The summed E-state index contributed by atoms with van der Waals surface area (Å²) in [6.45, 7) is 0.614. The average Bonchev–Trinajstić information content (AvgIpc) is 2.31. The van der Waals surface area contributed by atoms with Crippen molar-refractivity contribution < 1.29 is 13.9 Å². The van der Waals surface area contributed by atoms with Gasteiger partial charge in [0.15, 0.2) is 0 Å². The molecule has 0 fully saturated rings. The number of carbonyl (C=O) groups excluding carboxylic acids is 1. The zero-order valence-corrected chi connectivity index (χ0v) is 10.6. The number of carbonyl (C=O) groups is 1. The maximum Gasteiger partial charge on any atom is 0.340 e. The first-order chi connectivity index (χ1) is 8.10. The number of nitrogens with one attached hydrogen (secondary N) is 1. The summed E-state index contributed by atoms with van der Waals surface area (Å²) >= 11 is 1.64. The molecule has 1 aromatic carbocycles. The van der Waals surface area contributed by atoms with Crippen LogP contribution in [-0.4, -0.2) is 31.6 Å². The summed E-state index contributed by atoms with van der Waals surface area (Å²) in [5.41, 5.74) is 6.05. The van der Waals surface area contributed by atoms with E-state index in [9.17, 15) is 9.18 Å². The Balaban J connectivity index is 2.93. The summed E-state index contributed by atoms with van der Waals surface area (Å²) in [5.74, 6) is -0.205. The summed E-state index contributed by atoms with van der Waals surface area (Å²) in [6, 6.07) is 2.49. The van der Waals surface area contributed by atoms with Gasteiger partial charge in [0.05, 0.1) is 18.4 Å². The smallest absolute Gasteiger partial charge is 0.340 e. The van der Waals surface area contributed by atoms with Gasteiger partial charge in [-0.1, -0.05) is 0 Å². The maximum atomic E-state index is 13.5. The van der Waals surface area contributed by atoms with Crippen LogP contribution >= 0.6 is 11.8 Å². The van der Waals surface area contributed by atoms with Crippen LogP contribution in [-0.2, 0) is 4.74 Å². The number of methoxy groups -OCH3 is 1. The number of thioether (sulfide) groups is 1. The highest BCUT2D eigenvalue weighted by Crippen LogP contribution is 2.22. The van der Waals surface area contributed by atoms with E-state index in [0.717, 1.165) is 11.8 Å². The molecule has 3 N–H and O–H groups in total. The third-order valence-corrected chi connectivity index (χ3v) is 2.78. The molecule has 0 aromatic heterocycles. The van der Waals surface area contributed by atoms with Crippen LogP contribution in [0.1, 0.15) is 10.4 Å². The molecule has 0 radical (unpaired) electrons. The van der Waals surface area contributed by atoms with Gasteiger partial charge in [0.2, 0.25) is 0 Å². The molecule has 4 nitrogen and oxygen atoms in total. The number of esters is 1. The van der Waals surface area contributed by atoms with Crippen molar-refractivity contribution in [1.29, 1.82) is 0 Å². The zero-order valence-electron chi connectivity index (χ0n) is 9.75.